The molecule has 0 amide bonds. The van der Waals surface area contributed by atoms with Crippen LogP contribution in [0, 0.1) is 0 Å². The van der Waals surface area contributed by atoms with Crippen molar-refractivity contribution in [2.75, 3.05) is 0 Å². The van der Waals surface area contributed by atoms with Gasteiger partial charge >= 0.3 is 0 Å². The van der Waals surface area contributed by atoms with Crippen molar-refractivity contribution in [2.45, 2.75) is 0 Å². The molecule has 0 fully saturated rings. The van der Waals surface area contributed by atoms with Gasteiger partial charge in [-0.25, -0.2) is 4.98 Å². The molecule has 0 bridgehead atoms. The number of thiazole rings is 1. The lowest BCUT2D eigenvalue weighted by atomic mass is 10.00. The van der Waals surface area contributed by atoms with Gasteiger partial charge in [0.1, 0.15) is 5.01 Å². The first-order valence-electron chi connectivity index (χ1n) is 14.5. The van der Waals surface area contributed by atoms with Crippen LogP contribution in [0.5, 0.6) is 0 Å². The zero-order valence-corrected chi connectivity index (χ0v) is 24.5. The van der Waals surface area contributed by atoms with E-state index < -0.39 is 0 Å². The van der Waals surface area contributed by atoms with E-state index in [2.05, 4.69) is 138 Å². The van der Waals surface area contributed by atoms with Gasteiger partial charge in [0.25, 0.3) is 0 Å². The number of rotatable bonds is 2. The average molecular weight is 583 g/mol. The van der Waals surface area contributed by atoms with Crippen LogP contribution in [-0.2, 0) is 0 Å². The minimum absolute atomic E-state index is 1.06. The van der Waals surface area contributed by atoms with E-state index in [1.807, 2.05) is 11.3 Å². The predicted molar refractivity (Wildman–Crippen MR) is 187 cm³/mol. The van der Waals surface area contributed by atoms with Crippen molar-refractivity contribution in [3.05, 3.63) is 133 Å². The Morgan fingerprint density at radius 2 is 1.09 bits per heavy atom. The monoisotopic (exact) mass is 582 g/mol. The number of benzene rings is 7. The minimum Gasteiger partial charge on any atom is -0.309 e. The molecule has 0 atom stereocenters. The summed E-state index contributed by atoms with van der Waals surface area (Å²) >= 11 is 3.66. The minimum atomic E-state index is 1.06. The van der Waals surface area contributed by atoms with E-state index in [4.69, 9.17) is 4.98 Å². The lowest BCUT2D eigenvalue weighted by Crippen LogP contribution is -1.93. The molecule has 7 aromatic carbocycles. The summed E-state index contributed by atoms with van der Waals surface area (Å²) in [4.78, 5) is 5.10. The van der Waals surface area contributed by atoms with E-state index >= 15 is 0 Å². The first kappa shape index (κ1) is 23.5. The van der Waals surface area contributed by atoms with Crippen molar-refractivity contribution in [3.8, 4) is 16.3 Å². The van der Waals surface area contributed by atoms with Gasteiger partial charge in [-0.1, -0.05) is 78.9 Å². The lowest BCUT2D eigenvalue weighted by molar-refractivity contribution is 1.18. The summed E-state index contributed by atoms with van der Waals surface area (Å²) in [7, 11) is 0. The molecule has 43 heavy (non-hydrogen) atoms. The Kier molecular flexibility index (Phi) is 4.78. The third kappa shape index (κ3) is 3.30. The maximum Gasteiger partial charge on any atom is 0.124 e. The predicted octanol–water partition coefficient (Wildman–Crippen LogP) is 11.7. The first-order valence-corrected chi connectivity index (χ1v) is 16.1. The van der Waals surface area contributed by atoms with Crippen LogP contribution in [0.4, 0.5) is 0 Å². The molecule has 0 spiro atoms. The van der Waals surface area contributed by atoms with Crippen molar-refractivity contribution in [3.63, 3.8) is 0 Å². The summed E-state index contributed by atoms with van der Waals surface area (Å²) in [6.45, 7) is 0. The highest BCUT2D eigenvalue weighted by Gasteiger charge is 2.18. The molecule has 0 saturated heterocycles. The van der Waals surface area contributed by atoms with Crippen LogP contribution < -0.4 is 0 Å². The highest BCUT2D eigenvalue weighted by molar-refractivity contribution is 7.28. The Bertz CT molecular complexity index is 2630. The van der Waals surface area contributed by atoms with Crippen LogP contribution in [0.15, 0.2) is 133 Å². The summed E-state index contributed by atoms with van der Waals surface area (Å²) in [5.41, 5.74) is 5.83. The maximum atomic E-state index is 5.10. The molecule has 3 heterocycles. The number of hydrogen-bond acceptors (Lipinski definition) is 3. The summed E-state index contributed by atoms with van der Waals surface area (Å²) in [6.07, 6.45) is 0. The van der Waals surface area contributed by atoms with E-state index in [1.54, 1.807) is 11.3 Å². The molecule has 0 unspecified atom stereocenters. The zero-order valence-electron chi connectivity index (χ0n) is 22.9. The Labute approximate surface area is 254 Å². The topological polar surface area (TPSA) is 17.8 Å². The molecule has 0 aliphatic heterocycles. The van der Waals surface area contributed by atoms with E-state index in [0.29, 0.717) is 0 Å². The molecule has 200 valence electrons. The smallest absolute Gasteiger partial charge is 0.124 e. The Morgan fingerprint density at radius 1 is 0.465 bits per heavy atom. The SMILES string of the molecule is c1ccc2c(c1)ccc1c2c2c3ccccc3ccc2n1-c1ccc(-c2nc3ccc4sc5ccccc5c4c3s2)cc1. The van der Waals surface area contributed by atoms with E-state index in [0.717, 1.165) is 21.8 Å². The van der Waals surface area contributed by atoms with E-state index in [-0.39, 0.29) is 0 Å². The van der Waals surface area contributed by atoms with Gasteiger partial charge in [0.2, 0.25) is 0 Å². The van der Waals surface area contributed by atoms with Crippen LogP contribution in [0.25, 0.3) is 90.0 Å². The molecular weight excluding hydrogens is 561 g/mol. The highest BCUT2D eigenvalue weighted by atomic mass is 32.1. The second-order valence-corrected chi connectivity index (χ2v) is 13.2. The second-order valence-electron chi connectivity index (χ2n) is 11.1. The third-order valence-corrected chi connectivity index (χ3v) is 11.1. The maximum absolute atomic E-state index is 5.10. The number of fused-ring (bicyclic) bond motifs is 12. The van der Waals surface area contributed by atoms with Crippen LogP contribution in [0.2, 0.25) is 0 Å². The number of thiophene rings is 1. The summed E-state index contributed by atoms with van der Waals surface area (Å²) < 4.78 is 6.35. The normalized spacial score (nSPS) is 12.2. The van der Waals surface area contributed by atoms with Crippen molar-refractivity contribution in [1.82, 2.24) is 9.55 Å². The van der Waals surface area contributed by atoms with Crippen molar-refractivity contribution in [2.24, 2.45) is 0 Å². The molecule has 0 aliphatic carbocycles. The van der Waals surface area contributed by atoms with Crippen molar-refractivity contribution < 1.29 is 0 Å². The fourth-order valence-corrected chi connectivity index (χ4v) is 9.21. The Balaban J connectivity index is 1.19. The van der Waals surface area contributed by atoms with Crippen LogP contribution in [0.1, 0.15) is 0 Å². The second kappa shape index (κ2) is 8.74. The highest BCUT2D eigenvalue weighted by Crippen LogP contribution is 2.43. The van der Waals surface area contributed by atoms with Crippen LogP contribution in [-0.4, -0.2) is 9.55 Å². The molecule has 10 aromatic rings. The third-order valence-electron chi connectivity index (χ3n) is 8.81. The molecule has 0 radical (unpaired) electrons. The molecule has 0 saturated carbocycles. The number of nitrogens with zero attached hydrogens (tertiary/aromatic N) is 2. The molecule has 0 N–H and O–H groups in total. The van der Waals surface area contributed by atoms with Crippen LogP contribution >= 0.6 is 22.7 Å². The average Bonchev–Trinajstić information content (AvgIpc) is 3.76. The quantitative estimate of drug-likeness (QED) is 0.198. The van der Waals surface area contributed by atoms with E-state index in [1.165, 1.54) is 68.2 Å². The molecule has 3 aromatic heterocycles. The van der Waals surface area contributed by atoms with Gasteiger partial charge in [0.05, 0.1) is 21.3 Å². The summed E-state index contributed by atoms with van der Waals surface area (Å²) in [5, 5.41) is 11.5. The van der Waals surface area contributed by atoms with Crippen molar-refractivity contribution >= 4 is 96.4 Å². The first-order chi connectivity index (χ1) is 21.3. The van der Waals surface area contributed by atoms with Gasteiger partial charge in [-0.3, -0.25) is 0 Å². The van der Waals surface area contributed by atoms with Gasteiger partial charge in [0.15, 0.2) is 0 Å². The van der Waals surface area contributed by atoms with Crippen LogP contribution in [0.3, 0.4) is 0 Å². The fourth-order valence-electron chi connectivity index (χ4n) is 6.90. The molecule has 10 rings (SSSR count). The van der Waals surface area contributed by atoms with Gasteiger partial charge in [-0.2, -0.15) is 0 Å². The number of aromatic nitrogens is 2. The molecular formula is C39H22N2S2. The van der Waals surface area contributed by atoms with Crippen molar-refractivity contribution in [1.29, 1.82) is 0 Å². The van der Waals surface area contributed by atoms with Gasteiger partial charge in [0, 0.05) is 42.2 Å². The Hall–Kier alpha value is -5.03. The van der Waals surface area contributed by atoms with Gasteiger partial charge in [-0.15, -0.1) is 22.7 Å². The zero-order chi connectivity index (χ0) is 28.1. The summed E-state index contributed by atoms with van der Waals surface area (Å²) in [6, 6.07) is 48.6. The standard InChI is InChI=1S/C39H22N2S2/c1-3-9-27-23(7-1)15-20-31-35(27)36-28-10-4-2-8-24(28)16-21-32(36)41(31)26-17-13-25(14-18-26)39-40-30-19-22-34-37(38(30)43-39)29-11-5-6-12-33(29)42-34/h1-22H. The largest absolute Gasteiger partial charge is 0.309 e. The van der Waals surface area contributed by atoms with E-state index in [9.17, 15) is 0 Å². The lowest BCUT2D eigenvalue weighted by Gasteiger charge is -2.09. The molecule has 0 aliphatic rings. The molecule has 2 nitrogen and oxygen atoms in total. The summed E-state index contributed by atoms with van der Waals surface area (Å²) in [5.74, 6) is 0. The Morgan fingerprint density at radius 3 is 1.79 bits per heavy atom. The van der Waals surface area contributed by atoms with Gasteiger partial charge in [-0.05, 0) is 76.1 Å². The molecule has 4 heteroatoms. The fraction of sp³-hybridized carbons (Fsp3) is 0. The number of hydrogen-bond donors (Lipinski definition) is 0. The van der Waals surface area contributed by atoms with Gasteiger partial charge < -0.3 is 4.57 Å².